The van der Waals surface area contributed by atoms with E-state index in [4.69, 9.17) is 23.2 Å². The van der Waals surface area contributed by atoms with Crippen molar-refractivity contribution in [2.75, 3.05) is 4.90 Å². The molecule has 0 saturated carbocycles. The van der Waals surface area contributed by atoms with Crippen LogP contribution >= 0.6 is 23.2 Å². The predicted molar refractivity (Wildman–Crippen MR) is 110 cm³/mol. The van der Waals surface area contributed by atoms with E-state index in [1.54, 1.807) is 12.1 Å². The Kier molecular flexibility index (Phi) is 5.75. The van der Waals surface area contributed by atoms with E-state index in [0.717, 1.165) is 17.8 Å². The fraction of sp³-hybridized carbons (Fsp3) is 0.182. The molecular weight excluding hydrogens is 365 g/mol. The highest BCUT2D eigenvalue weighted by molar-refractivity contribution is 6.42. The van der Waals surface area contributed by atoms with Crippen LogP contribution in [0, 0.1) is 13.8 Å². The van der Waals surface area contributed by atoms with Gasteiger partial charge in [0.1, 0.15) is 5.75 Å². The highest BCUT2D eigenvalue weighted by Gasteiger charge is 2.11. The lowest BCUT2D eigenvalue weighted by Gasteiger charge is -2.26. The Bertz CT molecular complexity index is 853. The zero-order chi connectivity index (χ0) is 18.7. The van der Waals surface area contributed by atoms with Crippen molar-refractivity contribution < 1.29 is 5.11 Å². The van der Waals surface area contributed by atoms with Gasteiger partial charge in [0, 0.05) is 18.8 Å². The normalized spacial score (nSPS) is 10.8. The van der Waals surface area contributed by atoms with Gasteiger partial charge in [-0.1, -0.05) is 47.5 Å². The van der Waals surface area contributed by atoms with E-state index in [0.29, 0.717) is 16.6 Å². The third-order valence-corrected chi connectivity index (χ3v) is 5.26. The smallest absolute Gasteiger partial charge is 0.115 e. The molecule has 0 radical (unpaired) electrons. The molecule has 0 spiro atoms. The van der Waals surface area contributed by atoms with Crippen molar-refractivity contribution in [3.8, 4) is 5.75 Å². The number of benzene rings is 3. The van der Waals surface area contributed by atoms with E-state index in [1.807, 2.05) is 30.3 Å². The van der Waals surface area contributed by atoms with E-state index < -0.39 is 0 Å². The summed E-state index contributed by atoms with van der Waals surface area (Å²) in [6.45, 7) is 5.69. The summed E-state index contributed by atoms with van der Waals surface area (Å²) in [5.74, 6) is 0.259. The van der Waals surface area contributed by atoms with E-state index in [9.17, 15) is 5.11 Å². The average Bonchev–Trinajstić information content (AvgIpc) is 2.61. The highest BCUT2D eigenvalue weighted by atomic mass is 35.5. The molecule has 134 valence electrons. The number of rotatable bonds is 5. The van der Waals surface area contributed by atoms with E-state index >= 15 is 0 Å². The standard InChI is InChI=1S/C22H21Cl2NO/c1-15-3-4-17(11-16(15)2)13-25(19-6-8-20(26)9-7-19)14-18-5-10-21(23)22(24)12-18/h3-12,26H,13-14H2,1-2H3. The van der Waals surface area contributed by atoms with Crippen molar-refractivity contribution in [3.05, 3.63) is 93.0 Å². The summed E-state index contributed by atoms with van der Waals surface area (Å²) >= 11 is 12.2. The van der Waals surface area contributed by atoms with Gasteiger partial charge in [0.05, 0.1) is 10.0 Å². The molecule has 0 heterocycles. The van der Waals surface area contributed by atoms with Gasteiger partial charge in [0.15, 0.2) is 0 Å². The first-order chi connectivity index (χ1) is 12.4. The lowest BCUT2D eigenvalue weighted by molar-refractivity contribution is 0.475. The molecule has 0 bridgehead atoms. The molecule has 3 aromatic rings. The molecule has 0 aromatic heterocycles. The first-order valence-electron chi connectivity index (χ1n) is 8.46. The van der Waals surface area contributed by atoms with Crippen LogP contribution in [0.3, 0.4) is 0 Å². The molecule has 0 saturated heterocycles. The highest BCUT2D eigenvalue weighted by Crippen LogP contribution is 2.27. The lowest BCUT2D eigenvalue weighted by atomic mass is 10.1. The Morgan fingerprint density at radius 3 is 1.96 bits per heavy atom. The van der Waals surface area contributed by atoms with Crippen LogP contribution in [0.2, 0.25) is 10.0 Å². The van der Waals surface area contributed by atoms with Crippen molar-refractivity contribution in [1.82, 2.24) is 0 Å². The number of nitrogens with zero attached hydrogens (tertiary/aromatic N) is 1. The number of aromatic hydroxyl groups is 1. The first kappa shape index (κ1) is 18.6. The maximum atomic E-state index is 9.60. The Morgan fingerprint density at radius 2 is 1.35 bits per heavy atom. The van der Waals surface area contributed by atoms with Crippen LogP contribution < -0.4 is 4.90 Å². The number of aryl methyl sites for hydroxylation is 2. The summed E-state index contributed by atoms with van der Waals surface area (Å²) in [5, 5.41) is 10.7. The molecule has 0 aliphatic carbocycles. The molecule has 1 N–H and O–H groups in total. The molecule has 0 unspecified atom stereocenters. The third kappa shape index (κ3) is 4.51. The molecule has 0 aliphatic heterocycles. The molecule has 0 fully saturated rings. The number of hydrogen-bond donors (Lipinski definition) is 1. The second-order valence-electron chi connectivity index (χ2n) is 6.54. The third-order valence-electron chi connectivity index (χ3n) is 4.52. The molecule has 0 atom stereocenters. The first-order valence-corrected chi connectivity index (χ1v) is 9.22. The number of anilines is 1. The van der Waals surface area contributed by atoms with Gasteiger partial charge in [-0.05, 0) is 72.5 Å². The van der Waals surface area contributed by atoms with Crippen LogP contribution in [0.1, 0.15) is 22.3 Å². The Hall–Kier alpha value is -2.16. The number of hydrogen-bond acceptors (Lipinski definition) is 2. The number of phenolic OH excluding ortho intramolecular Hbond substituents is 1. The maximum Gasteiger partial charge on any atom is 0.115 e. The minimum absolute atomic E-state index is 0.259. The van der Waals surface area contributed by atoms with Crippen LogP contribution in [0.5, 0.6) is 5.75 Å². The van der Waals surface area contributed by atoms with Gasteiger partial charge in [-0.3, -0.25) is 0 Å². The van der Waals surface area contributed by atoms with Crippen LogP contribution in [-0.4, -0.2) is 5.11 Å². The fourth-order valence-electron chi connectivity index (χ4n) is 2.88. The monoisotopic (exact) mass is 385 g/mol. The summed E-state index contributed by atoms with van der Waals surface area (Å²) in [5.41, 5.74) is 5.92. The molecule has 2 nitrogen and oxygen atoms in total. The van der Waals surface area contributed by atoms with Crippen molar-refractivity contribution in [2.45, 2.75) is 26.9 Å². The Balaban J connectivity index is 1.91. The van der Waals surface area contributed by atoms with E-state index in [2.05, 4.69) is 36.9 Å². The largest absolute Gasteiger partial charge is 0.508 e. The zero-order valence-corrected chi connectivity index (χ0v) is 16.3. The van der Waals surface area contributed by atoms with Crippen LogP contribution in [-0.2, 0) is 13.1 Å². The Labute approximate surface area is 164 Å². The molecule has 4 heteroatoms. The molecule has 0 amide bonds. The zero-order valence-electron chi connectivity index (χ0n) is 14.8. The molecule has 3 aromatic carbocycles. The topological polar surface area (TPSA) is 23.5 Å². The lowest BCUT2D eigenvalue weighted by Crippen LogP contribution is -2.22. The summed E-state index contributed by atoms with van der Waals surface area (Å²) in [6, 6.07) is 19.5. The van der Waals surface area contributed by atoms with Gasteiger partial charge >= 0.3 is 0 Å². The van der Waals surface area contributed by atoms with Gasteiger partial charge in [0.25, 0.3) is 0 Å². The minimum atomic E-state index is 0.259. The SMILES string of the molecule is Cc1ccc(CN(Cc2ccc(Cl)c(Cl)c2)c2ccc(O)cc2)cc1C. The van der Waals surface area contributed by atoms with Crippen molar-refractivity contribution in [2.24, 2.45) is 0 Å². The van der Waals surface area contributed by atoms with Crippen molar-refractivity contribution in [3.63, 3.8) is 0 Å². The van der Waals surface area contributed by atoms with Gasteiger partial charge in [-0.2, -0.15) is 0 Å². The summed E-state index contributed by atoms with van der Waals surface area (Å²) in [6.07, 6.45) is 0. The van der Waals surface area contributed by atoms with Crippen LogP contribution in [0.15, 0.2) is 60.7 Å². The van der Waals surface area contributed by atoms with Crippen molar-refractivity contribution in [1.29, 1.82) is 0 Å². The summed E-state index contributed by atoms with van der Waals surface area (Å²) in [7, 11) is 0. The molecule has 0 aliphatic rings. The van der Waals surface area contributed by atoms with Gasteiger partial charge in [0.2, 0.25) is 0 Å². The fourth-order valence-corrected chi connectivity index (χ4v) is 3.20. The van der Waals surface area contributed by atoms with Gasteiger partial charge in [-0.25, -0.2) is 0 Å². The summed E-state index contributed by atoms with van der Waals surface area (Å²) < 4.78 is 0. The molecule has 26 heavy (non-hydrogen) atoms. The number of phenols is 1. The second-order valence-corrected chi connectivity index (χ2v) is 7.35. The minimum Gasteiger partial charge on any atom is -0.508 e. The van der Waals surface area contributed by atoms with Crippen LogP contribution in [0.4, 0.5) is 5.69 Å². The molecular formula is C22H21Cl2NO. The van der Waals surface area contributed by atoms with E-state index in [-0.39, 0.29) is 5.75 Å². The van der Waals surface area contributed by atoms with E-state index in [1.165, 1.54) is 16.7 Å². The van der Waals surface area contributed by atoms with Crippen LogP contribution in [0.25, 0.3) is 0 Å². The summed E-state index contributed by atoms with van der Waals surface area (Å²) in [4.78, 5) is 2.25. The number of halogens is 2. The maximum absolute atomic E-state index is 9.60. The average molecular weight is 386 g/mol. The second kappa shape index (κ2) is 8.03. The van der Waals surface area contributed by atoms with Gasteiger partial charge < -0.3 is 10.0 Å². The van der Waals surface area contributed by atoms with Gasteiger partial charge in [-0.15, -0.1) is 0 Å². The van der Waals surface area contributed by atoms with Crippen molar-refractivity contribution >= 4 is 28.9 Å². The predicted octanol–water partition coefficient (Wildman–Crippen LogP) is 6.52. The molecule has 3 rings (SSSR count). The quantitative estimate of drug-likeness (QED) is 0.539. The Morgan fingerprint density at radius 1 is 0.731 bits per heavy atom.